The third-order valence-corrected chi connectivity index (χ3v) is 5.44. The van der Waals surface area contributed by atoms with Gasteiger partial charge in [-0.25, -0.2) is 4.98 Å². The summed E-state index contributed by atoms with van der Waals surface area (Å²) in [6.45, 7) is 6.28. The molecular weight excluding hydrogens is 382 g/mol. The van der Waals surface area contributed by atoms with Crippen LogP contribution < -0.4 is 10.6 Å². The SMILES string of the molecule is CC(C)c1ccc(C(C)NC(=O)Cc2csc(NC(=O)c3ccccc3)n2)cc1. The van der Waals surface area contributed by atoms with Crippen LogP contribution in [-0.4, -0.2) is 16.8 Å². The minimum Gasteiger partial charge on any atom is -0.349 e. The van der Waals surface area contributed by atoms with Crippen LogP contribution in [-0.2, 0) is 11.2 Å². The maximum Gasteiger partial charge on any atom is 0.257 e. The van der Waals surface area contributed by atoms with E-state index in [4.69, 9.17) is 0 Å². The summed E-state index contributed by atoms with van der Waals surface area (Å²) in [6.07, 6.45) is 0.173. The molecule has 0 aliphatic heterocycles. The molecule has 150 valence electrons. The maximum atomic E-state index is 12.4. The standard InChI is InChI=1S/C23H25N3O2S/c1-15(2)17-9-11-18(12-10-17)16(3)24-21(27)13-20-14-29-23(25-20)26-22(28)19-7-5-4-6-8-19/h4-12,14-16H,13H2,1-3H3,(H,24,27)(H,25,26,28). The van der Waals surface area contributed by atoms with Crippen molar-refractivity contribution in [3.8, 4) is 0 Å². The van der Waals surface area contributed by atoms with Crippen LogP contribution in [0.5, 0.6) is 0 Å². The zero-order valence-corrected chi connectivity index (χ0v) is 17.6. The molecule has 1 unspecified atom stereocenters. The summed E-state index contributed by atoms with van der Waals surface area (Å²) in [4.78, 5) is 28.9. The second-order valence-corrected chi connectivity index (χ2v) is 8.11. The molecule has 1 atom stereocenters. The molecule has 0 saturated heterocycles. The van der Waals surface area contributed by atoms with Gasteiger partial charge in [0, 0.05) is 10.9 Å². The number of carbonyl (C=O) groups is 2. The number of rotatable bonds is 7. The highest BCUT2D eigenvalue weighted by Gasteiger charge is 2.14. The first-order chi connectivity index (χ1) is 13.9. The third kappa shape index (κ3) is 5.74. The number of anilines is 1. The molecule has 1 aromatic heterocycles. The maximum absolute atomic E-state index is 12.4. The smallest absolute Gasteiger partial charge is 0.257 e. The molecule has 0 aliphatic rings. The van der Waals surface area contributed by atoms with E-state index in [-0.39, 0.29) is 24.3 Å². The van der Waals surface area contributed by atoms with E-state index >= 15 is 0 Å². The molecule has 6 heteroatoms. The van der Waals surface area contributed by atoms with Crippen LogP contribution in [0.1, 0.15) is 59.9 Å². The Morgan fingerprint density at radius 3 is 2.28 bits per heavy atom. The fourth-order valence-electron chi connectivity index (χ4n) is 2.91. The molecule has 5 nitrogen and oxygen atoms in total. The van der Waals surface area contributed by atoms with Gasteiger partial charge in [0.25, 0.3) is 5.91 Å². The number of thiazole rings is 1. The lowest BCUT2D eigenvalue weighted by Gasteiger charge is -2.15. The molecule has 3 rings (SSSR count). The van der Waals surface area contributed by atoms with Gasteiger partial charge in [-0.1, -0.05) is 56.3 Å². The lowest BCUT2D eigenvalue weighted by atomic mass is 9.99. The molecule has 0 bridgehead atoms. The average Bonchev–Trinajstić information content (AvgIpc) is 3.15. The van der Waals surface area contributed by atoms with Gasteiger partial charge in [0.05, 0.1) is 18.2 Å². The predicted octanol–water partition coefficient (Wildman–Crippen LogP) is 4.94. The Balaban J connectivity index is 1.53. The van der Waals surface area contributed by atoms with Crippen LogP contribution >= 0.6 is 11.3 Å². The van der Waals surface area contributed by atoms with Gasteiger partial charge in [0.1, 0.15) is 0 Å². The Labute approximate surface area is 175 Å². The van der Waals surface area contributed by atoms with Crippen molar-refractivity contribution in [1.82, 2.24) is 10.3 Å². The van der Waals surface area contributed by atoms with E-state index < -0.39 is 0 Å². The average molecular weight is 408 g/mol. The highest BCUT2D eigenvalue weighted by molar-refractivity contribution is 7.14. The van der Waals surface area contributed by atoms with Gasteiger partial charge in [-0.2, -0.15) is 0 Å². The highest BCUT2D eigenvalue weighted by atomic mass is 32.1. The minimum atomic E-state index is -0.214. The van der Waals surface area contributed by atoms with E-state index in [1.54, 1.807) is 17.5 Å². The van der Waals surface area contributed by atoms with E-state index in [1.165, 1.54) is 16.9 Å². The quantitative estimate of drug-likeness (QED) is 0.583. The molecule has 2 amide bonds. The van der Waals surface area contributed by atoms with Gasteiger partial charge in [0.2, 0.25) is 5.91 Å². The number of nitrogens with one attached hydrogen (secondary N) is 2. The molecule has 0 fully saturated rings. The molecular formula is C23H25N3O2S. The zero-order chi connectivity index (χ0) is 20.8. The van der Waals surface area contributed by atoms with Gasteiger partial charge in [-0.3, -0.25) is 14.9 Å². The molecule has 0 saturated carbocycles. The summed E-state index contributed by atoms with van der Waals surface area (Å²) in [5.41, 5.74) is 3.55. The van der Waals surface area contributed by atoms with E-state index in [0.717, 1.165) is 5.56 Å². The second-order valence-electron chi connectivity index (χ2n) is 7.25. The van der Waals surface area contributed by atoms with Gasteiger partial charge < -0.3 is 5.32 Å². The first-order valence-electron chi connectivity index (χ1n) is 9.62. The molecule has 0 aliphatic carbocycles. The lowest BCUT2D eigenvalue weighted by molar-refractivity contribution is -0.121. The Bertz CT molecular complexity index is 965. The Kier molecular flexibility index (Phi) is 6.77. The van der Waals surface area contributed by atoms with Crippen molar-refractivity contribution in [3.05, 3.63) is 82.4 Å². The van der Waals surface area contributed by atoms with Crippen molar-refractivity contribution in [2.24, 2.45) is 0 Å². The van der Waals surface area contributed by atoms with Crippen molar-refractivity contribution in [2.75, 3.05) is 5.32 Å². The third-order valence-electron chi connectivity index (χ3n) is 4.63. The van der Waals surface area contributed by atoms with Crippen molar-refractivity contribution < 1.29 is 9.59 Å². The molecule has 0 spiro atoms. The zero-order valence-electron chi connectivity index (χ0n) is 16.8. The molecule has 2 aromatic carbocycles. The summed E-state index contributed by atoms with van der Waals surface area (Å²) in [5.74, 6) is 0.168. The van der Waals surface area contributed by atoms with E-state index in [1.807, 2.05) is 25.1 Å². The van der Waals surface area contributed by atoms with Gasteiger partial charge in [-0.05, 0) is 36.1 Å². The van der Waals surface area contributed by atoms with Crippen LogP contribution in [0, 0.1) is 0 Å². The number of carbonyl (C=O) groups excluding carboxylic acids is 2. The Hall–Kier alpha value is -2.99. The number of hydrogen-bond acceptors (Lipinski definition) is 4. The van der Waals surface area contributed by atoms with Gasteiger partial charge >= 0.3 is 0 Å². The lowest BCUT2D eigenvalue weighted by Crippen LogP contribution is -2.28. The number of aromatic nitrogens is 1. The topological polar surface area (TPSA) is 71.1 Å². The first-order valence-corrected chi connectivity index (χ1v) is 10.5. The predicted molar refractivity (Wildman–Crippen MR) is 117 cm³/mol. The molecule has 2 N–H and O–H groups in total. The number of hydrogen-bond donors (Lipinski definition) is 2. The molecule has 1 heterocycles. The number of benzene rings is 2. The first kappa shape index (κ1) is 20.7. The summed E-state index contributed by atoms with van der Waals surface area (Å²) < 4.78 is 0. The highest BCUT2D eigenvalue weighted by Crippen LogP contribution is 2.20. The number of amides is 2. The summed E-state index contributed by atoms with van der Waals surface area (Å²) >= 11 is 1.31. The van der Waals surface area contributed by atoms with Crippen LogP contribution in [0.25, 0.3) is 0 Å². The summed E-state index contributed by atoms with van der Waals surface area (Å²) in [6, 6.07) is 17.2. The summed E-state index contributed by atoms with van der Waals surface area (Å²) in [7, 11) is 0. The minimum absolute atomic E-state index is 0.0837. The van der Waals surface area contributed by atoms with Gasteiger partial charge in [0.15, 0.2) is 5.13 Å². The van der Waals surface area contributed by atoms with Crippen molar-refractivity contribution in [1.29, 1.82) is 0 Å². The molecule has 29 heavy (non-hydrogen) atoms. The van der Waals surface area contributed by atoms with E-state index in [2.05, 4.69) is 53.7 Å². The van der Waals surface area contributed by atoms with Crippen LogP contribution in [0.15, 0.2) is 60.0 Å². The van der Waals surface area contributed by atoms with Crippen molar-refractivity contribution >= 4 is 28.3 Å². The fourth-order valence-corrected chi connectivity index (χ4v) is 3.62. The number of nitrogens with zero attached hydrogens (tertiary/aromatic N) is 1. The fraction of sp³-hybridized carbons (Fsp3) is 0.261. The normalized spacial score (nSPS) is 11.9. The second kappa shape index (κ2) is 9.47. The Morgan fingerprint density at radius 2 is 1.62 bits per heavy atom. The van der Waals surface area contributed by atoms with Crippen molar-refractivity contribution in [3.63, 3.8) is 0 Å². The van der Waals surface area contributed by atoms with E-state index in [0.29, 0.717) is 22.3 Å². The van der Waals surface area contributed by atoms with Crippen LogP contribution in [0.3, 0.4) is 0 Å². The summed E-state index contributed by atoms with van der Waals surface area (Å²) in [5, 5.41) is 8.06. The molecule has 3 aromatic rings. The Morgan fingerprint density at radius 1 is 0.966 bits per heavy atom. The van der Waals surface area contributed by atoms with Gasteiger partial charge in [-0.15, -0.1) is 11.3 Å². The molecule has 0 radical (unpaired) electrons. The largest absolute Gasteiger partial charge is 0.349 e. The van der Waals surface area contributed by atoms with Crippen LogP contribution in [0.4, 0.5) is 5.13 Å². The van der Waals surface area contributed by atoms with Crippen LogP contribution in [0.2, 0.25) is 0 Å². The van der Waals surface area contributed by atoms with E-state index in [9.17, 15) is 9.59 Å². The monoisotopic (exact) mass is 407 g/mol. The van der Waals surface area contributed by atoms with Crippen molar-refractivity contribution in [2.45, 2.75) is 39.2 Å².